The second-order valence-corrected chi connectivity index (χ2v) is 8.71. The average Bonchev–Trinajstić information content (AvgIpc) is 2.90. The highest BCUT2D eigenvalue weighted by molar-refractivity contribution is 5.84. The van der Waals surface area contributed by atoms with Gasteiger partial charge < -0.3 is 14.8 Å². The van der Waals surface area contributed by atoms with Gasteiger partial charge in [0.05, 0.1) is 18.2 Å². The molecule has 0 fully saturated rings. The Labute approximate surface area is 214 Å². The number of pyridine rings is 1. The summed E-state index contributed by atoms with van der Waals surface area (Å²) in [4.78, 5) is 17.3. The van der Waals surface area contributed by atoms with Crippen molar-refractivity contribution in [1.82, 2.24) is 10.3 Å². The van der Waals surface area contributed by atoms with Gasteiger partial charge in [-0.1, -0.05) is 30.3 Å². The molecule has 1 amide bonds. The number of rotatable bonds is 10. The number of hydrogen-bond donors (Lipinski definition) is 1. The number of benzene rings is 2. The van der Waals surface area contributed by atoms with Crippen molar-refractivity contribution in [3.63, 3.8) is 0 Å². The maximum Gasteiger partial charge on any atom is 0.263 e. The highest BCUT2D eigenvalue weighted by atomic mass is 16.5. The van der Waals surface area contributed by atoms with Crippen molar-refractivity contribution >= 4 is 5.91 Å². The van der Waals surface area contributed by atoms with Gasteiger partial charge in [-0.05, 0) is 75.1 Å². The molecule has 3 aromatic rings. The van der Waals surface area contributed by atoms with Gasteiger partial charge in [-0.25, -0.2) is 4.98 Å². The van der Waals surface area contributed by atoms with Crippen LogP contribution in [0.25, 0.3) is 0 Å². The van der Waals surface area contributed by atoms with Crippen LogP contribution in [0.4, 0.5) is 0 Å². The number of aryl methyl sites for hydroxylation is 1. The standard InChI is InChI=1S/C28H31N3O3.C2H2/c1-5-33-25-12-10-21(11-13-25)15-24(23-8-6-7-22(16-23)17-29)19-31-27(32)28(3,4)34-26-14-9-20(2)18-30-26;1-2/h6-14,16,18,24H,5,15,19H2,1-4H3,(H,31,32);1-2H/t24-;/m1./s1. The van der Waals surface area contributed by atoms with E-state index in [9.17, 15) is 10.1 Å². The topological polar surface area (TPSA) is 84.2 Å². The molecule has 1 atom stereocenters. The van der Waals surface area contributed by atoms with E-state index in [1.165, 1.54) is 0 Å². The number of nitrogens with zero attached hydrogens (tertiary/aromatic N) is 2. The van der Waals surface area contributed by atoms with Crippen LogP contribution in [0.15, 0.2) is 66.9 Å². The number of aromatic nitrogens is 1. The van der Waals surface area contributed by atoms with Gasteiger partial charge >= 0.3 is 0 Å². The molecule has 0 radical (unpaired) electrons. The summed E-state index contributed by atoms with van der Waals surface area (Å²) in [5.41, 5.74) is 2.62. The van der Waals surface area contributed by atoms with Crippen molar-refractivity contribution in [2.45, 2.75) is 45.6 Å². The minimum atomic E-state index is -1.10. The average molecular weight is 484 g/mol. The van der Waals surface area contributed by atoms with Crippen molar-refractivity contribution in [2.75, 3.05) is 13.2 Å². The molecule has 0 saturated carbocycles. The normalized spacial score (nSPS) is 11.2. The molecule has 6 nitrogen and oxygen atoms in total. The fourth-order valence-electron chi connectivity index (χ4n) is 3.59. The molecule has 1 N–H and O–H groups in total. The first kappa shape index (κ1) is 28.0. The van der Waals surface area contributed by atoms with E-state index in [0.717, 1.165) is 22.4 Å². The second-order valence-electron chi connectivity index (χ2n) is 8.71. The van der Waals surface area contributed by atoms with Crippen LogP contribution in [0.3, 0.4) is 0 Å². The predicted octanol–water partition coefficient (Wildman–Crippen LogP) is 5.21. The smallest absolute Gasteiger partial charge is 0.263 e. The number of terminal acetylenes is 1. The number of hydrogen-bond acceptors (Lipinski definition) is 5. The molecular formula is C30H33N3O3. The Morgan fingerprint density at radius 1 is 1.14 bits per heavy atom. The molecule has 0 saturated heterocycles. The lowest BCUT2D eigenvalue weighted by Crippen LogP contribution is -2.47. The third-order valence-electron chi connectivity index (χ3n) is 5.50. The Morgan fingerprint density at radius 2 is 1.86 bits per heavy atom. The Hall–Kier alpha value is -4.29. The third-order valence-corrected chi connectivity index (χ3v) is 5.50. The molecule has 1 aromatic heterocycles. The van der Waals surface area contributed by atoms with E-state index in [1.807, 2.05) is 62.4 Å². The lowest BCUT2D eigenvalue weighted by Gasteiger charge is -2.26. The Morgan fingerprint density at radius 3 is 2.47 bits per heavy atom. The summed E-state index contributed by atoms with van der Waals surface area (Å²) >= 11 is 0. The minimum Gasteiger partial charge on any atom is -0.494 e. The summed E-state index contributed by atoms with van der Waals surface area (Å²) in [7, 11) is 0. The summed E-state index contributed by atoms with van der Waals surface area (Å²) in [6.07, 6.45) is 10.4. The van der Waals surface area contributed by atoms with Gasteiger partial charge in [-0.2, -0.15) is 5.26 Å². The largest absolute Gasteiger partial charge is 0.494 e. The van der Waals surface area contributed by atoms with E-state index in [2.05, 4.69) is 29.2 Å². The van der Waals surface area contributed by atoms with Gasteiger partial charge in [0.1, 0.15) is 5.75 Å². The molecule has 0 aliphatic carbocycles. The van der Waals surface area contributed by atoms with Gasteiger partial charge in [0.25, 0.3) is 5.91 Å². The Balaban J connectivity index is 0.00000222. The van der Waals surface area contributed by atoms with E-state index in [1.54, 1.807) is 32.2 Å². The molecule has 36 heavy (non-hydrogen) atoms. The molecule has 1 heterocycles. The van der Waals surface area contributed by atoms with Crippen LogP contribution in [0.5, 0.6) is 11.6 Å². The van der Waals surface area contributed by atoms with E-state index in [4.69, 9.17) is 9.47 Å². The fraction of sp³-hybridized carbons (Fsp3) is 0.300. The summed E-state index contributed by atoms with van der Waals surface area (Å²) in [6, 6.07) is 21.3. The minimum absolute atomic E-state index is 0.0245. The van der Waals surface area contributed by atoms with Crippen molar-refractivity contribution in [3.8, 4) is 30.5 Å². The molecule has 0 unspecified atom stereocenters. The fourth-order valence-corrected chi connectivity index (χ4v) is 3.59. The molecule has 186 valence electrons. The van der Waals surface area contributed by atoms with Crippen LogP contribution in [-0.2, 0) is 11.2 Å². The van der Waals surface area contributed by atoms with E-state index < -0.39 is 5.60 Å². The third kappa shape index (κ3) is 8.18. The van der Waals surface area contributed by atoms with Crippen LogP contribution in [0.1, 0.15) is 48.9 Å². The van der Waals surface area contributed by atoms with Crippen molar-refractivity contribution in [3.05, 3.63) is 89.1 Å². The van der Waals surface area contributed by atoms with Crippen LogP contribution in [0, 0.1) is 31.1 Å². The SMILES string of the molecule is C#C.CCOc1ccc(C[C@H](CNC(=O)C(C)(C)Oc2ccc(C)cn2)c2cccc(C#N)c2)cc1. The summed E-state index contributed by atoms with van der Waals surface area (Å²) in [6.45, 7) is 8.36. The highest BCUT2D eigenvalue weighted by Crippen LogP contribution is 2.24. The molecule has 3 rings (SSSR count). The number of amides is 1. The number of nitriles is 1. The van der Waals surface area contributed by atoms with Crippen LogP contribution < -0.4 is 14.8 Å². The highest BCUT2D eigenvalue weighted by Gasteiger charge is 2.31. The van der Waals surface area contributed by atoms with Crippen molar-refractivity contribution in [1.29, 1.82) is 5.26 Å². The van der Waals surface area contributed by atoms with Crippen LogP contribution in [0.2, 0.25) is 0 Å². The zero-order valence-electron chi connectivity index (χ0n) is 21.3. The van der Waals surface area contributed by atoms with Crippen LogP contribution >= 0.6 is 0 Å². The first-order valence-corrected chi connectivity index (χ1v) is 11.8. The van der Waals surface area contributed by atoms with Crippen molar-refractivity contribution < 1.29 is 14.3 Å². The summed E-state index contributed by atoms with van der Waals surface area (Å²) in [5, 5.41) is 12.4. The van der Waals surface area contributed by atoms with E-state index in [0.29, 0.717) is 31.0 Å². The van der Waals surface area contributed by atoms with Gasteiger partial charge in [0, 0.05) is 24.7 Å². The van der Waals surface area contributed by atoms with E-state index in [-0.39, 0.29) is 11.8 Å². The molecule has 2 aromatic carbocycles. The molecule has 0 aliphatic heterocycles. The van der Waals surface area contributed by atoms with Gasteiger partial charge in [-0.3, -0.25) is 4.79 Å². The molecule has 6 heteroatoms. The lowest BCUT2D eigenvalue weighted by atomic mass is 9.90. The van der Waals surface area contributed by atoms with Gasteiger partial charge in [0.2, 0.25) is 5.88 Å². The quantitative estimate of drug-likeness (QED) is 0.400. The van der Waals surface area contributed by atoms with Crippen LogP contribution in [-0.4, -0.2) is 29.6 Å². The predicted molar refractivity (Wildman–Crippen MR) is 142 cm³/mol. The molecular weight excluding hydrogens is 450 g/mol. The number of carbonyl (C=O) groups excluding carboxylic acids is 1. The summed E-state index contributed by atoms with van der Waals surface area (Å²) < 4.78 is 11.4. The zero-order chi connectivity index (χ0) is 26.6. The second kappa shape index (κ2) is 13.6. The van der Waals surface area contributed by atoms with Gasteiger partial charge in [-0.15, -0.1) is 12.8 Å². The van der Waals surface area contributed by atoms with E-state index >= 15 is 0 Å². The molecule has 0 bridgehead atoms. The Bertz CT molecular complexity index is 1180. The van der Waals surface area contributed by atoms with Gasteiger partial charge in [0.15, 0.2) is 5.60 Å². The number of carbonyl (C=O) groups is 1. The molecule has 0 spiro atoms. The lowest BCUT2D eigenvalue weighted by molar-refractivity contribution is -0.134. The Kier molecular flexibility index (Phi) is 10.5. The first-order valence-electron chi connectivity index (χ1n) is 11.8. The maximum atomic E-state index is 13.0. The molecule has 0 aliphatic rings. The maximum absolute atomic E-state index is 13.0. The van der Waals surface area contributed by atoms with Crippen molar-refractivity contribution in [2.24, 2.45) is 0 Å². The monoisotopic (exact) mass is 483 g/mol. The number of ether oxygens (including phenoxy) is 2. The zero-order valence-corrected chi connectivity index (χ0v) is 21.3. The first-order chi connectivity index (χ1) is 17.3. The summed E-state index contributed by atoms with van der Waals surface area (Å²) in [5.74, 6) is 0.969. The number of nitrogens with one attached hydrogen (secondary N) is 1.